The smallest absolute Gasteiger partial charge is 0.226 e. The molecule has 1 fully saturated rings. The second-order valence-corrected chi connectivity index (χ2v) is 5.78. The minimum atomic E-state index is 0.0990. The minimum Gasteiger partial charge on any atom is -0.493 e. The molecule has 0 saturated carbocycles. The van der Waals surface area contributed by atoms with Crippen molar-refractivity contribution in [2.45, 2.75) is 6.10 Å². The van der Waals surface area contributed by atoms with Crippen LogP contribution in [0.4, 0.5) is 5.95 Å². The maximum Gasteiger partial charge on any atom is 0.226 e. The van der Waals surface area contributed by atoms with Crippen LogP contribution in [-0.2, 0) is 0 Å². The van der Waals surface area contributed by atoms with Gasteiger partial charge in [0.2, 0.25) is 5.95 Å². The Morgan fingerprint density at radius 3 is 2.60 bits per heavy atom. The maximum atomic E-state index is 6.01. The zero-order valence-corrected chi connectivity index (χ0v) is 13.9. The lowest BCUT2D eigenvalue weighted by molar-refractivity contribution is 0.160. The summed E-state index contributed by atoms with van der Waals surface area (Å²) in [7, 11) is 1.65. The van der Waals surface area contributed by atoms with E-state index in [4.69, 9.17) is 9.47 Å². The van der Waals surface area contributed by atoms with Crippen molar-refractivity contribution in [3.63, 3.8) is 0 Å². The number of methoxy groups -OCH3 is 1. The van der Waals surface area contributed by atoms with E-state index in [-0.39, 0.29) is 6.10 Å². The lowest BCUT2D eigenvalue weighted by Crippen LogP contribution is -2.54. The van der Waals surface area contributed by atoms with E-state index in [1.165, 1.54) is 0 Å². The van der Waals surface area contributed by atoms with Gasteiger partial charge >= 0.3 is 0 Å². The second-order valence-electron chi connectivity index (χ2n) is 5.78. The standard InChI is InChI=1S/C19H18N4O2/c1-24-17-6-2-3-7-18(17)25-15-12-23(13-15)19-21-10-8-16(22-19)14-5-4-9-20-11-14/h2-11,15H,12-13H2,1H3. The predicted octanol–water partition coefficient (Wildman–Crippen LogP) is 2.81. The molecule has 6 heteroatoms. The van der Waals surface area contributed by atoms with Gasteiger partial charge in [-0.25, -0.2) is 9.97 Å². The lowest BCUT2D eigenvalue weighted by atomic mass is 10.1. The van der Waals surface area contributed by atoms with E-state index >= 15 is 0 Å². The molecule has 126 valence electrons. The first-order valence-corrected chi connectivity index (χ1v) is 8.11. The van der Waals surface area contributed by atoms with Gasteiger partial charge in [-0.05, 0) is 30.3 Å². The number of hydrogen-bond donors (Lipinski definition) is 0. The van der Waals surface area contributed by atoms with Crippen molar-refractivity contribution in [2.24, 2.45) is 0 Å². The number of aromatic nitrogens is 3. The Morgan fingerprint density at radius 1 is 1.00 bits per heavy atom. The normalized spacial score (nSPS) is 14.0. The first kappa shape index (κ1) is 15.4. The molecule has 1 saturated heterocycles. The molecule has 0 atom stereocenters. The van der Waals surface area contributed by atoms with Crippen LogP contribution in [0.1, 0.15) is 0 Å². The van der Waals surface area contributed by atoms with Gasteiger partial charge in [0.1, 0.15) is 6.10 Å². The molecule has 1 aromatic carbocycles. The van der Waals surface area contributed by atoms with E-state index in [0.717, 1.165) is 35.8 Å². The molecule has 1 aliphatic heterocycles. The van der Waals surface area contributed by atoms with Crippen LogP contribution in [0.5, 0.6) is 11.5 Å². The molecule has 0 bridgehead atoms. The zero-order chi connectivity index (χ0) is 17.1. The van der Waals surface area contributed by atoms with E-state index in [1.807, 2.05) is 42.5 Å². The Labute approximate surface area is 146 Å². The number of ether oxygens (including phenoxy) is 2. The molecular weight excluding hydrogens is 316 g/mol. The molecule has 2 aromatic heterocycles. The van der Waals surface area contributed by atoms with E-state index < -0.39 is 0 Å². The number of rotatable bonds is 5. The molecule has 0 spiro atoms. The van der Waals surface area contributed by atoms with Crippen LogP contribution in [0.15, 0.2) is 61.1 Å². The molecule has 0 radical (unpaired) electrons. The summed E-state index contributed by atoms with van der Waals surface area (Å²) >= 11 is 0. The van der Waals surface area contributed by atoms with Crippen molar-refractivity contribution < 1.29 is 9.47 Å². The third kappa shape index (κ3) is 3.24. The number of nitrogens with zero attached hydrogens (tertiary/aromatic N) is 4. The monoisotopic (exact) mass is 334 g/mol. The van der Waals surface area contributed by atoms with Gasteiger partial charge in [0, 0.05) is 24.2 Å². The molecule has 3 heterocycles. The van der Waals surface area contributed by atoms with E-state index in [9.17, 15) is 0 Å². The van der Waals surface area contributed by atoms with Crippen molar-refractivity contribution in [1.29, 1.82) is 0 Å². The molecule has 0 amide bonds. The van der Waals surface area contributed by atoms with Gasteiger partial charge in [0.05, 0.1) is 25.9 Å². The molecule has 6 nitrogen and oxygen atoms in total. The Hall–Kier alpha value is -3.15. The quantitative estimate of drug-likeness (QED) is 0.715. The first-order valence-electron chi connectivity index (χ1n) is 8.11. The summed E-state index contributed by atoms with van der Waals surface area (Å²) in [6.45, 7) is 1.49. The summed E-state index contributed by atoms with van der Waals surface area (Å²) in [5.74, 6) is 2.22. The van der Waals surface area contributed by atoms with Crippen LogP contribution in [0.25, 0.3) is 11.3 Å². The molecule has 0 N–H and O–H groups in total. The van der Waals surface area contributed by atoms with E-state index in [2.05, 4.69) is 19.9 Å². The Morgan fingerprint density at radius 2 is 1.84 bits per heavy atom. The molecule has 0 unspecified atom stereocenters. The van der Waals surface area contributed by atoms with Gasteiger partial charge in [-0.3, -0.25) is 4.98 Å². The third-order valence-electron chi connectivity index (χ3n) is 4.09. The second kappa shape index (κ2) is 6.76. The highest BCUT2D eigenvalue weighted by Crippen LogP contribution is 2.29. The highest BCUT2D eigenvalue weighted by Gasteiger charge is 2.31. The van der Waals surface area contributed by atoms with Gasteiger partial charge < -0.3 is 14.4 Å². The largest absolute Gasteiger partial charge is 0.493 e. The average Bonchev–Trinajstić information content (AvgIpc) is 2.65. The number of anilines is 1. The van der Waals surface area contributed by atoms with Crippen LogP contribution in [0, 0.1) is 0 Å². The van der Waals surface area contributed by atoms with Crippen LogP contribution in [-0.4, -0.2) is 41.3 Å². The van der Waals surface area contributed by atoms with Crippen LogP contribution >= 0.6 is 0 Å². The summed E-state index contributed by atoms with van der Waals surface area (Å²) in [6, 6.07) is 13.5. The summed E-state index contributed by atoms with van der Waals surface area (Å²) in [4.78, 5) is 15.2. The van der Waals surface area contributed by atoms with Crippen LogP contribution in [0.2, 0.25) is 0 Å². The van der Waals surface area contributed by atoms with Crippen LogP contribution in [0.3, 0.4) is 0 Å². The van der Waals surface area contributed by atoms with Crippen LogP contribution < -0.4 is 14.4 Å². The van der Waals surface area contributed by atoms with E-state index in [1.54, 1.807) is 25.7 Å². The van der Waals surface area contributed by atoms with Crippen molar-refractivity contribution >= 4 is 5.95 Å². The van der Waals surface area contributed by atoms with Crippen molar-refractivity contribution in [1.82, 2.24) is 15.0 Å². The third-order valence-corrected chi connectivity index (χ3v) is 4.09. The van der Waals surface area contributed by atoms with Crippen molar-refractivity contribution in [3.8, 4) is 22.8 Å². The molecule has 25 heavy (non-hydrogen) atoms. The summed E-state index contributed by atoms with van der Waals surface area (Å²) in [5.41, 5.74) is 1.85. The van der Waals surface area contributed by atoms with Gasteiger partial charge in [0.25, 0.3) is 0 Å². The fourth-order valence-corrected chi connectivity index (χ4v) is 2.75. The Balaban J connectivity index is 1.42. The summed E-state index contributed by atoms with van der Waals surface area (Å²) in [6.07, 6.45) is 5.43. The highest BCUT2D eigenvalue weighted by molar-refractivity contribution is 5.59. The number of hydrogen-bond acceptors (Lipinski definition) is 6. The molecule has 0 aliphatic carbocycles. The fourth-order valence-electron chi connectivity index (χ4n) is 2.75. The average molecular weight is 334 g/mol. The Bertz CT molecular complexity index is 851. The molecule has 3 aromatic rings. The van der Waals surface area contributed by atoms with Crippen molar-refractivity contribution in [2.75, 3.05) is 25.1 Å². The topological polar surface area (TPSA) is 60.4 Å². The van der Waals surface area contributed by atoms with Gasteiger partial charge in [-0.15, -0.1) is 0 Å². The summed E-state index contributed by atoms with van der Waals surface area (Å²) in [5, 5.41) is 0. The predicted molar refractivity (Wildman–Crippen MR) is 94.9 cm³/mol. The fraction of sp³-hybridized carbons (Fsp3) is 0.211. The highest BCUT2D eigenvalue weighted by atomic mass is 16.5. The SMILES string of the molecule is COc1ccccc1OC1CN(c2nccc(-c3cccnc3)n2)C1. The number of para-hydroxylation sites is 2. The minimum absolute atomic E-state index is 0.0990. The van der Waals surface area contributed by atoms with E-state index in [0.29, 0.717) is 5.95 Å². The summed E-state index contributed by atoms with van der Waals surface area (Å²) < 4.78 is 11.3. The molecular formula is C19H18N4O2. The first-order chi connectivity index (χ1) is 12.3. The van der Waals surface area contributed by atoms with Gasteiger partial charge in [-0.2, -0.15) is 0 Å². The van der Waals surface area contributed by atoms with Gasteiger partial charge in [-0.1, -0.05) is 12.1 Å². The van der Waals surface area contributed by atoms with Crippen molar-refractivity contribution in [3.05, 3.63) is 61.1 Å². The molecule has 4 rings (SSSR count). The maximum absolute atomic E-state index is 6.01. The Kier molecular flexibility index (Phi) is 4.16. The number of benzene rings is 1. The zero-order valence-electron chi connectivity index (χ0n) is 13.9. The number of pyridine rings is 1. The lowest BCUT2D eigenvalue weighted by Gasteiger charge is -2.39. The van der Waals surface area contributed by atoms with Gasteiger partial charge in [0.15, 0.2) is 11.5 Å². The molecule has 1 aliphatic rings.